The molecule has 1 aromatic heterocycles. The number of nitrogens with zero attached hydrogens (tertiary/aromatic N) is 2. The summed E-state index contributed by atoms with van der Waals surface area (Å²) in [7, 11) is 0. The lowest BCUT2D eigenvalue weighted by Crippen LogP contribution is -2.41. The number of hydrogen-bond acceptors (Lipinski definition) is 4. The van der Waals surface area contributed by atoms with Gasteiger partial charge in [0.1, 0.15) is 0 Å². The smallest absolute Gasteiger partial charge is 0.245 e. The number of ether oxygens (including phenoxy) is 1. The Morgan fingerprint density at radius 2 is 2.19 bits per heavy atom. The molecule has 0 saturated carbocycles. The average molecular weight is 222 g/mol. The van der Waals surface area contributed by atoms with E-state index in [2.05, 4.69) is 0 Å². The molecule has 0 unspecified atom stereocenters. The molecule has 5 nitrogen and oxygen atoms in total. The minimum absolute atomic E-state index is 0.0750. The van der Waals surface area contributed by atoms with Crippen LogP contribution in [0.5, 0.6) is 0 Å². The van der Waals surface area contributed by atoms with Gasteiger partial charge < -0.3 is 4.74 Å². The summed E-state index contributed by atoms with van der Waals surface area (Å²) in [6.45, 7) is 3.20. The van der Waals surface area contributed by atoms with E-state index in [-0.39, 0.29) is 5.91 Å². The van der Waals surface area contributed by atoms with E-state index in [1.807, 2.05) is 4.90 Å². The summed E-state index contributed by atoms with van der Waals surface area (Å²) in [5.41, 5.74) is 0.401. The number of carbonyl (C=O) groups excluding carboxylic acids is 2. The van der Waals surface area contributed by atoms with Crippen molar-refractivity contribution in [2.45, 2.75) is 0 Å². The molecular weight excluding hydrogens is 208 g/mol. The van der Waals surface area contributed by atoms with Gasteiger partial charge in [0, 0.05) is 19.3 Å². The number of aldehydes is 1. The van der Waals surface area contributed by atoms with Crippen molar-refractivity contribution in [2.75, 3.05) is 32.8 Å². The summed E-state index contributed by atoms with van der Waals surface area (Å²) in [6.07, 6.45) is 2.31. The van der Waals surface area contributed by atoms with Crippen molar-refractivity contribution in [1.29, 1.82) is 0 Å². The average Bonchev–Trinajstić information content (AvgIpc) is 2.78. The molecule has 0 bridgehead atoms. The lowest BCUT2D eigenvalue weighted by Gasteiger charge is -2.25. The number of aromatic nitrogens is 1. The molecule has 0 radical (unpaired) electrons. The van der Waals surface area contributed by atoms with Crippen molar-refractivity contribution in [2.24, 2.45) is 0 Å². The molecule has 2 rings (SSSR count). The van der Waals surface area contributed by atoms with Gasteiger partial charge >= 0.3 is 0 Å². The van der Waals surface area contributed by atoms with Crippen LogP contribution in [0.3, 0.4) is 0 Å². The molecule has 1 aliphatic rings. The maximum atomic E-state index is 11.9. The van der Waals surface area contributed by atoms with Crippen molar-refractivity contribution in [1.82, 2.24) is 9.47 Å². The second-order valence-corrected chi connectivity index (χ2v) is 3.70. The van der Waals surface area contributed by atoms with Crippen LogP contribution in [0.2, 0.25) is 0 Å². The van der Waals surface area contributed by atoms with Gasteiger partial charge in [0.05, 0.1) is 25.5 Å². The highest BCUT2D eigenvalue weighted by molar-refractivity contribution is 5.87. The minimum Gasteiger partial charge on any atom is -0.379 e. The first-order valence-electron chi connectivity index (χ1n) is 5.27. The molecule has 1 saturated heterocycles. The molecule has 0 spiro atoms. The topological polar surface area (TPSA) is 51.5 Å². The van der Waals surface area contributed by atoms with E-state index in [9.17, 15) is 9.59 Å². The van der Waals surface area contributed by atoms with Crippen LogP contribution in [0.4, 0.5) is 0 Å². The van der Waals surface area contributed by atoms with Gasteiger partial charge in [-0.15, -0.1) is 0 Å². The number of rotatable bonds is 3. The van der Waals surface area contributed by atoms with E-state index in [4.69, 9.17) is 4.74 Å². The Morgan fingerprint density at radius 3 is 2.88 bits per heavy atom. The van der Waals surface area contributed by atoms with Crippen molar-refractivity contribution in [3.63, 3.8) is 0 Å². The number of morpholine rings is 1. The Balaban J connectivity index is 1.99. The second-order valence-electron chi connectivity index (χ2n) is 3.70. The van der Waals surface area contributed by atoms with Gasteiger partial charge in [-0.05, 0) is 12.1 Å². The SMILES string of the molecule is O=Cc1cccn1C(=O)CN1CCOCC1. The fourth-order valence-corrected chi connectivity index (χ4v) is 1.74. The highest BCUT2D eigenvalue weighted by atomic mass is 16.5. The van der Waals surface area contributed by atoms with Crippen LogP contribution in [-0.2, 0) is 4.74 Å². The van der Waals surface area contributed by atoms with Crippen LogP contribution in [-0.4, -0.2) is 54.5 Å². The summed E-state index contributed by atoms with van der Waals surface area (Å²) in [5, 5.41) is 0. The minimum atomic E-state index is -0.0750. The van der Waals surface area contributed by atoms with Crippen LogP contribution in [0, 0.1) is 0 Å². The molecular formula is C11H14N2O3. The molecule has 86 valence electrons. The van der Waals surface area contributed by atoms with E-state index in [0.29, 0.717) is 31.7 Å². The Labute approximate surface area is 93.6 Å². The molecule has 0 aromatic carbocycles. The normalized spacial score (nSPS) is 17.2. The molecule has 0 amide bonds. The Hall–Kier alpha value is -1.46. The monoisotopic (exact) mass is 222 g/mol. The lowest BCUT2D eigenvalue weighted by atomic mass is 10.4. The largest absolute Gasteiger partial charge is 0.379 e. The molecule has 5 heteroatoms. The van der Waals surface area contributed by atoms with Crippen LogP contribution in [0.15, 0.2) is 18.3 Å². The molecule has 0 N–H and O–H groups in total. The quantitative estimate of drug-likeness (QED) is 0.689. The first kappa shape index (κ1) is 11.0. The Bertz CT molecular complexity index is 380. The zero-order valence-electron chi connectivity index (χ0n) is 8.96. The summed E-state index contributed by atoms with van der Waals surface area (Å²) < 4.78 is 6.59. The number of hydrogen-bond donors (Lipinski definition) is 0. The summed E-state index contributed by atoms with van der Waals surface area (Å²) in [4.78, 5) is 24.6. The van der Waals surface area contributed by atoms with Crippen LogP contribution >= 0.6 is 0 Å². The Morgan fingerprint density at radius 1 is 1.44 bits per heavy atom. The summed E-state index contributed by atoms with van der Waals surface area (Å²) >= 11 is 0. The van der Waals surface area contributed by atoms with Gasteiger partial charge in [-0.1, -0.05) is 0 Å². The fraction of sp³-hybridized carbons (Fsp3) is 0.455. The van der Waals surface area contributed by atoms with E-state index < -0.39 is 0 Å². The first-order valence-corrected chi connectivity index (χ1v) is 5.27. The van der Waals surface area contributed by atoms with Crippen molar-refractivity contribution < 1.29 is 14.3 Å². The van der Waals surface area contributed by atoms with Gasteiger partial charge in [-0.25, -0.2) is 0 Å². The zero-order chi connectivity index (χ0) is 11.4. The third-order valence-corrected chi connectivity index (χ3v) is 2.63. The van der Waals surface area contributed by atoms with Gasteiger partial charge in [-0.2, -0.15) is 0 Å². The maximum absolute atomic E-state index is 11.9. The van der Waals surface area contributed by atoms with Crippen LogP contribution in [0.1, 0.15) is 15.3 Å². The van der Waals surface area contributed by atoms with Crippen LogP contribution < -0.4 is 0 Å². The van der Waals surface area contributed by atoms with E-state index in [1.54, 1.807) is 18.3 Å². The second kappa shape index (κ2) is 5.05. The van der Waals surface area contributed by atoms with E-state index >= 15 is 0 Å². The summed E-state index contributed by atoms with van der Waals surface area (Å²) in [5.74, 6) is -0.0750. The fourth-order valence-electron chi connectivity index (χ4n) is 1.74. The Kier molecular flexibility index (Phi) is 3.48. The van der Waals surface area contributed by atoms with Crippen molar-refractivity contribution in [3.8, 4) is 0 Å². The highest BCUT2D eigenvalue weighted by Crippen LogP contribution is 2.02. The molecule has 2 heterocycles. The molecule has 0 atom stereocenters. The van der Waals surface area contributed by atoms with Crippen molar-refractivity contribution >= 4 is 12.2 Å². The van der Waals surface area contributed by atoms with Gasteiger partial charge in [0.2, 0.25) is 5.91 Å². The molecule has 1 aliphatic heterocycles. The number of carbonyl (C=O) groups is 2. The van der Waals surface area contributed by atoms with E-state index in [0.717, 1.165) is 13.1 Å². The molecule has 0 aliphatic carbocycles. The van der Waals surface area contributed by atoms with E-state index in [1.165, 1.54) is 4.57 Å². The van der Waals surface area contributed by atoms with Crippen molar-refractivity contribution in [3.05, 3.63) is 24.0 Å². The summed E-state index contributed by atoms with van der Waals surface area (Å²) in [6, 6.07) is 3.32. The predicted molar refractivity (Wildman–Crippen MR) is 57.7 cm³/mol. The third-order valence-electron chi connectivity index (χ3n) is 2.63. The molecule has 1 fully saturated rings. The van der Waals surface area contributed by atoms with Gasteiger partial charge in [-0.3, -0.25) is 19.1 Å². The third kappa shape index (κ3) is 2.37. The zero-order valence-corrected chi connectivity index (χ0v) is 8.96. The molecule has 16 heavy (non-hydrogen) atoms. The lowest BCUT2D eigenvalue weighted by molar-refractivity contribution is 0.0348. The first-order chi connectivity index (χ1) is 7.81. The molecule has 1 aromatic rings. The van der Waals surface area contributed by atoms with Crippen LogP contribution in [0.25, 0.3) is 0 Å². The highest BCUT2D eigenvalue weighted by Gasteiger charge is 2.16. The van der Waals surface area contributed by atoms with Gasteiger partial charge in [0.25, 0.3) is 0 Å². The standard InChI is InChI=1S/C11H14N2O3/c14-9-10-2-1-3-13(10)11(15)8-12-4-6-16-7-5-12/h1-3,9H,4-8H2. The maximum Gasteiger partial charge on any atom is 0.245 e. The predicted octanol–water partition coefficient (Wildman–Crippen LogP) is 0.273. The van der Waals surface area contributed by atoms with Gasteiger partial charge in [0.15, 0.2) is 6.29 Å².